The van der Waals surface area contributed by atoms with E-state index in [-0.39, 0.29) is 11.7 Å². The summed E-state index contributed by atoms with van der Waals surface area (Å²) < 4.78 is 5.37. The monoisotopic (exact) mass is 549 g/mol. The maximum atomic E-state index is 12.8. The summed E-state index contributed by atoms with van der Waals surface area (Å²) in [6, 6.07) is 19.4. The van der Waals surface area contributed by atoms with Crippen LogP contribution in [0.1, 0.15) is 22.3 Å². The number of halogens is 2. The van der Waals surface area contributed by atoms with Crippen LogP contribution in [0.3, 0.4) is 0 Å². The third kappa shape index (κ3) is 6.51. The Morgan fingerprint density at radius 1 is 0.868 bits per heavy atom. The minimum atomic E-state index is -0.125. The quantitative estimate of drug-likeness (QED) is 0.417. The molecule has 8 heteroatoms. The molecule has 3 aromatic rings. The highest BCUT2D eigenvalue weighted by atomic mass is 35.5. The van der Waals surface area contributed by atoms with Crippen LogP contribution >= 0.6 is 23.2 Å². The molecular weight excluding hydrogens is 521 g/mol. The van der Waals surface area contributed by atoms with Crippen LogP contribution in [0.2, 0.25) is 10.0 Å². The fraction of sp³-hybridized carbons (Fsp3) is 0.300. The van der Waals surface area contributed by atoms with Gasteiger partial charge in [-0.15, -0.1) is 0 Å². The molecule has 1 fully saturated rings. The summed E-state index contributed by atoms with van der Waals surface area (Å²) >= 11 is 12.0. The Kier molecular flexibility index (Phi) is 8.55. The van der Waals surface area contributed by atoms with E-state index in [1.165, 1.54) is 0 Å². The first kappa shape index (κ1) is 26.6. The number of Topliss-reactive ketones (excluding diaryl/α,β-unsaturated/α-hetero) is 1. The summed E-state index contributed by atoms with van der Waals surface area (Å²) in [5.74, 6) is -0.0128. The largest absolute Gasteiger partial charge is 0.379 e. The Morgan fingerprint density at radius 2 is 1.58 bits per heavy atom. The van der Waals surface area contributed by atoms with Gasteiger partial charge in [0.15, 0.2) is 0 Å². The van der Waals surface area contributed by atoms with E-state index in [0.717, 1.165) is 66.2 Å². The SMILES string of the molecule is O=C(Cc1ccc(-c2ccc3c(c2)CN=C3C(=O)NCCN2CCOCC2)cc1)Cc1ccc(Cl)c(Cl)c1. The van der Waals surface area contributed by atoms with Gasteiger partial charge < -0.3 is 10.1 Å². The lowest BCUT2D eigenvalue weighted by atomic mass is 9.96. The maximum absolute atomic E-state index is 12.8. The van der Waals surface area contributed by atoms with Gasteiger partial charge in [0.2, 0.25) is 0 Å². The predicted molar refractivity (Wildman–Crippen MR) is 151 cm³/mol. The van der Waals surface area contributed by atoms with E-state index in [4.69, 9.17) is 27.9 Å². The highest BCUT2D eigenvalue weighted by molar-refractivity contribution is 6.46. The Labute approximate surface area is 232 Å². The number of ether oxygens (including phenoxy) is 1. The summed E-state index contributed by atoms with van der Waals surface area (Å²) in [4.78, 5) is 32.1. The summed E-state index contributed by atoms with van der Waals surface area (Å²) in [6.07, 6.45) is 0.662. The number of fused-ring (bicyclic) bond motifs is 1. The summed E-state index contributed by atoms with van der Waals surface area (Å²) in [5, 5.41) is 3.95. The molecule has 1 N–H and O–H groups in total. The van der Waals surface area contributed by atoms with Crippen molar-refractivity contribution >= 4 is 40.6 Å². The topological polar surface area (TPSA) is 71.0 Å². The number of carbonyl (C=O) groups is 2. The third-order valence-electron chi connectivity index (χ3n) is 6.87. The molecule has 2 heterocycles. The minimum absolute atomic E-state index is 0.113. The number of hydrogen-bond donors (Lipinski definition) is 1. The van der Waals surface area contributed by atoms with Crippen molar-refractivity contribution < 1.29 is 14.3 Å². The molecule has 196 valence electrons. The van der Waals surface area contributed by atoms with Crippen molar-refractivity contribution in [3.63, 3.8) is 0 Å². The number of benzene rings is 3. The maximum Gasteiger partial charge on any atom is 0.270 e. The van der Waals surface area contributed by atoms with Crippen LogP contribution in [0.15, 0.2) is 65.7 Å². The van der Waals surface area contributed by atoms with Crippen molar-refractivity contribution in [1.29, 1.82) is 0 Å². The van der Waals surface area contributed by atoms with Crippen LogP contribution in [-0.4, -0.2) is 61.7 Å². The molecule has 3 aromatic carbocycles. The Hall–Kier alpha value is -3.03. The number of ketones is 1. The van der Waals surface area contributed by atoms with Crippen molar-refractivity contribution in [2.45, 2.75) is 19.4 Å². The number of aliphatic imine (C=N–C) groups is 1. The molecule has 2 aliphatic heterocycles. The molecule has 0 saturated carbocycles. The molecule has 5 rings (SSSR count). The van der Waals surface area contributed by atoms with Gasteiger partial charge in [0.1, 0.15) is 11.5 Å². The number of amides is 1. The Morgan fingerprint density at radius 3 is 2.34 bits per heavy atom. The van der Waals surface area contributed by atoms with Gasteiger partial charge >= 0.3 is 0 Å². The number of nitrogens with one attached hydrogen (secondary N) is 1. The molecule has 0 aromatic heterocycles. The lowest BCUT2D eigenvalue weighted by molar-refractivity contribution is -0.118. The number of rotatable bonds is 9. The van der Waals surface area contributed by atoms with Gasteiger partial charge in [0.05, 0.1) is 29.8 Å². The number of morpholine rings is 1. The van der Waals surface area contributed by atoms with E-state index in [2.05, 4.69) is 21.3 Å². The van der Waals surface area contributed by atoms with E-state index in [1.807, 2.05) is 42.5 Å². The van der Waals surface area contributed by atoms with E-state index in [9.17, 15) is 9.59 Å². The van der Waals surface area contributed by atoms with Crippen LogP contribution in [0.25, 0.3) is 11.1 Å². The standard InChI is InChI=1S/C30H29Cl2N3O3/c31-27-8-3-21(17-28(27)32)16-25(36)15-20-1-4-22(5-2-20)23-6-7-26-24(18-23)19-34-29(26)30(37)33-9-10-35-11-13-38-14-12-35/h1-8,17-18H,9-16,19H2,(H,33,37). The smallest absolute Gasteiger partial charge is 0.270 e. The summed E-state index contributed by atoms with van der Waals surface area (Å²) in [7, 11) is 0. The first-order chi connectivity index (χ1) is 18.5. The Bertz CT molecular complexity index is 1370. The fourth-order valence-corrected chi connectivity index (χ4v) is 5.12. The third-order valence-corrected chi connectivity index (χ3v) is 7.61. The van der Waals surface area contributed by atoms with Crippen molar-refractivity contribution in [2.24, 2.45) is 4.99 Å². The summed E-state index contributed by atoms with van der Waals surface area (Å²) in [6.45, 7) is 5.20. The lowest BCUT2D eigenvalue weighted by Crippen LogP contribution is -2.42. The van der Waals surface area contributed by atoms with Gasteiger partial charge in [-0.05, 0) is 46.0 Å². The van der Waals surface area contributed by atoms with E-state index in [1.54, 1.807) is 12.1 Å². The van der Waals surface area contributed by atoms with Crippen molar-refractivity contribution in [3.05, 3.63) is 93.0 Å². The fourth-order valence-electron chi connectivity index (χ4n) is 4.80. The molecule has 0 aliphatic carbocycles. The van der Waals surface area contributed by atoms with Gasteiger partial charge in [0, 0.05) is 44.6 Å². The molecule has 1 amide bonds. The zero-order valence-electron chi connectivity index (χ0n) is 21.0. The van der Waals surface area contributed by atoms with Crippen LogP contribution < -0.4 is 5.32 Å². The van der Waals surface area contributed by atoms with Crippen LogP contribution in [0, 0.1) is 0 Å². The molecule has 1 saturated heterocycles. The van der Waals surface area contributed by atoms with Gasteiger partial charge in [-0.3, -0.25) is 19.5 Å². The Balaban J connectivity index is 1.16. The van der Waals surface area contributed by atoms with Crippen molar-refractivity contribution in [2.75, 3.05) is 39.4 Å². The van der Waals surface area contributed by atoms with E-state index in [0.29, 0.717) is 41.7 Å². The average molecular weight is 550 g/mol. The normalized spacial score (nSPS) is 15.2. The minimum Gasteiger partial charge on any atom is -0.379 e. The second kappa shape index (κ2) is 12.2. The van der Waals surface area contributed by atoms with Gasteiger partial charge in [-0.1, -0.05) is 65.7 Å². The first-order valence-electron chi connectivity index (χ1n) is 12.8. The van der Waals surface area contributed by atoms with E-state index < -0.39 is 0 Å². The average Bonchev–Trinajstić information content (AvgIpc) is 3.35. The molecular formula is C30H29Cl2N3O3. The van der Waals surface area contributed by atoms with Crippen LogP contribution in [-0.2, 0) is 33.7 Å². The number of nitrogens with zero attached hydrogens (tertiary/aromatic N) is 2. The van der Waals surface area contributed by atoms with Gasteiger partial charge in [0.25, 0.3) is 5.91 Å². The van der Waals surface area contributed by atoms with E-state index >= 15 is 0 Å². The number of hydrogen-bond acceptors (Lipinski definition) is 5. The van der Waals surface area contributed by atoms with Crippen molar-refractivity contribution in [3.8, 4) is 11.1 Å². The van der Waals surface area contributed by atoms with Gasteiger partial charge in [-0.2, -0.15) is 0 Å². The molecule has 38 heavy (non-hydrogen) atoms. The highest BCUT2D eigenvalue weighted by Crippen LogP contribution is 2.27. The lowest BCUT2D eigenvalue weighted by Gasteiger charge is -2.26. The predicted octanol–water partition coefficient (Wildman–Crippen LogP) is 4.77. The number of carbonyl (C=O) groups excluding carboxylic acids is 2. The molecule has 0 bridgehead atoms. The van der Waals surface area contributed by atoms with Crippen LogP contribution in [0.5, 0.6) is 0 Å². The molecule has 0 spiro atoms. The van der Waals surface area contributed by atoms with Crippen LogP contribution in [0.4, 0.5) is 0 Å². The first-order valence-corrected chi connectivity index (χ1v) is 13.5. The molecule has 2 aliphatic rings. The highest BCUT2D eigenvalue weighted by Gasteiger charge is 2.22. The molecule has 0 atom stereocenters. The molecule has 0 radical (unpaired) electrons. The molecule has 6 nitrogen and oxygen atoms in total. The summed E-state index contributed by atoms with van der Waals surface area (Å²) in [5.41, 5.74) is 6.36. The second-order valence-electron chi connectivity index (χ2n) is 9.58. The van der Waals surface area contributed by atoms with Gasteiger partial charge in [-0.25, -0.2) is 0 Å². The zero-order chi connectivity index (χ0) is 26.5. The second-order valence-corrected chi connectivity index (χ2v) is 10.4. The zero-order valence-corrected chi connectivity index (χ0v) is 22.5. The van der Waals surface area contributed by atoms with Crippen molar-refractivity contribution in [1.82, 2.24) is 10.2 Å². The molecule has 0 unspecified atom stereocenters.